The number of rotatable bonds is 8. The fourth-order valence-electron chi connectivity index (χ4n) is 1.95. The zero-order valence-corrected chi connectivity index (χ0v) is 12.9. The maximum absolute atomic E-state index is 5.70. The largest absolute Gasteiger partial charge is 0.494 e. The summed E-state index contributed by atoms with van der Waals surface area (Å²) in [5.41, 5.74) is 6.42. The molecule has 0 heterocycles. The molecule has 0 aliphatic heterocycles. The van der Waals surface area contributed by atoms with Crippen molar-refractivity contribution >= 4 is 17.2 Å². The molecule has 0 unspecified atom stereocenters. The van der Waals surface area contributed by atoms with Gasteiger partial charge in [0.15, 0.2) is 0 Å². The van der Waals surface area contributed by atoms with E-state index in [0.717, 1.165) is 37.4 Å². The minimum atomic E-state index is 0.419. The van der Waals surface area contributed by atoms with Gasteiger partial charge in [0.25, 0.3) is 0 Å². The van der Waals surface area contributed by atoms with E-state index in [9.17, 15) is 0 Å². The molecule has 1 aromatic rings. The molecule has 0 bridgehead atoms. The second-order valence-electron chi connectivity index (χ2n) is 4.81. The number of nitrogens with two attached hydrogens (primary N) is 1. The lowest BCUT2D eigenvalue weighted by atomic mass is 10.2. The van der Waals surface area contributed by atoms with Gasteiger partial charge in [-0.25, -0.2) is 0 Å². The van der Waals surface area contributed by atoms with Crippen LogP contribution in [0.4, 0.5) is 0 Å². The summed E-state index contributed by atoms with van der Waals surface area (Å²) in [4.78, 5) is 2.85. The summed E-state index contributed by atoms with van der Waals surface area (Å²) in [5, 5.41) is 0. The van der Waals surface area contributed by atoms with Crippen molar-refractivity contribution in [3.8, 4) is 5.75 Å². The standard InChI is InChI=1S/C15H24N2OS/c1-4-17(12(2)3)10-5-11-18-14-8-6-13(7-9-14)15(16)19/h6-9,12H,4-5,10-11H2,1-3H3,(H2,16,19). The molecule has 2 N–H and O–H groups in total. The molecule has 0 radical (unpaired) electrons. The van der Waals surface area contributed by atoms with Crippen LogP contribution in [0.5, 0.6) is 5.75 Å². The summed E-state index contributed by atoms with van der Waals surface area (Å²) >= 11 is 4.91. The Kier molecular flexibility index (Phi) is 6.81. The topological polar surface area (TPSA) is 38.5 Å². The van der Waals surface area contributed by atoms with Gasteiger partial charge < -0.3 is 15.4 Å². The van der Waals surface area contributed by atoms with Crippen LogP contribution >= 0.6 is 12.2 Å². The van der Waals surface area contributed by atoms with Gasteiger partial charge in [-0.1, -0.05) is 19.1 Å². The second-order valence-corrected chi connectivity index (χ2v) is 5.25. The molecule has 1 rings (SSSR count). The third kappa shape index (κ3) is 5.57. The Morgan fingerprint density at radius 2 is 1.95 bits per heavy atom. The highest BCUT2D eigenvalue weighted by Crippen LogP contribution is 2.12. The molecule has 0 aromatic heterocycles. The average molecular weight is 280 g/mol. The Morgan fingerprint density at radius 3 is 2.42 bits per heavy atom. The molecule has 0 atom stereocenters. The van der Waals surface area contributed by atoms with Gasteiger partial charge in [0.2, 0.25) is 0 Å². The molecule has 106 valence electrons. The van der Waals surface area contributed by atoms with Gasteiger partial charge in [0, 0.05) is 18.2 Å². The van der Waals surface area contributed by atoms with Gasteiger partial charge >= 0.3 is 0 Å². The summed E-state index contributed by atoms with van der Waals surface area (Å²) in [6, 6.07) is 8.20. The van der Waals surface area contributed by atoms with E-state index in [2.05, 4.69) is 25.7 Å². The predicted molar refractivity (Wildman–Crippen MR) is 84.8 cm³/mol. The van der Waals surface area contributed by atoms with Crippen molar-refractivity contribution < 1.29 is 4.74 Å². The molecule has 0 aliphatic carbocycles. The predicted octanol–water partition coefficient (Wildman–Crippen LogP) is 2.82. The molecule has 0 fully saturated rings. The van der Waals surface area contributed by atoms with Crippen molar-refractivity contribution in [3.05, 3.63) is 29.8 Å². The average Bonchev–Trinajstić information content (AvgIpc) is 2.38. The monoisotopic (exact) mass is 280 g/mol. The highest BCUT2D eigenvalue weighted by atomic mass is 32.1. The molecule has 3 nitrogen and oxygen atoms in total. The Labute approximate surface area is 121 Å². The first-order valence-corrected chi connectivity index (χ1v) is 7.22. The fourth-order valence-corrected chi connectivity index (χ4v) is 2.09. The SMILES string of the molecule is CCN(CCCOc1ccc(C(N)=S)cc1)C(C)C. The van der Waals surface area contributed by atoms with Crippen LogP contribution < -0.4 is 10.5 Å². The normalized spacial score (nSPS) is 11.0. The smallest absolute Gasteiger partial charge is 0.119 e. The lowest BCUT2D eigenvalue weighted by Crippen LogP contribution is -2.32. The highest BCUT2D eigenvalue weighted by molar-refractivity contribution is 7.80. The molecular formula is C15H24N2OS. The summed E-state index contributed by atoms with van der Waals surface area (Å²) in [6.07, 6.45) is 1.03. The lowest BCUT2D eigenvalue weighted by Gasteiger charge is -2.24. The van der Waals surface area contributed by atoms with Gasteiger partial charge in [0.1, 0.15) is 10.7 Å². The van der Waals surface area contributed by atoms with Crippen LogP contribution in [-0.2, 0) is 0 Å². The lowest BCUT2D eigenvalue weighted by molar-refractivity contribution is 0.207. The van der Waals surface area contributed by atoms with Crippen molar-refractivity contribution in [1.29, 1.82) is 0 Å². The Bertz CT molecular complexity index is 390. The van der Waals surface area contributed by atoms with E-state index in [0.29, 0.717) is 11.0 Å². The minimum Gasteiger partial charge on any atom is -0.494 e. The molecule has 19 heavy (non-hydrogen) atoms. The molecule has 1 aromatic carbocycles. The number of ether oxygens (including phenoxy) is 1. The van der Waals surface area contributed by atoms with E-state index in [4.69, 9.17) is 22.7 Å². The number of thiocarbonyl (C=S) groups is 1. The number of hydrogen-bond acceptors (Lipinski definition) is 3. The molecule has 0 saturated carbocycles. The van der Waals surface area contributed by atoms with Gasteiger partial charge in [-0.05, 0) is 51.1 Å². The third-order valence-electron chi connectivity index (χ3n) is 3.13. The third-order valence-corrected chi connectivity index (χ3v) is 3.37. The van der Waals surface area contributed by atoms with Crippen LogP contribution in [0.1, 0.15) is 32.8 Å². The van der Waals surface area contributed by atoms with Crippen molar-refractivity contribution in [2.75, 3.05) is 19.7 Å². The summed E-state index contributed by atoms with van der Waals surface area (Å²) in [5.74, 6) is 0.868. The van der Waals surface area contributed by atoms with E-state index in [-0.39, 0.29) is 0 Å². The molecule has 0 aliphatic rings. The van der Waals surface area contributed by atoms with Crippen LogP contribution in [0, 0.1) is 0 Å². The van der Waals surface area contributed by atoms with Crippen LogP contribution in [0.2, 0.25) is 0 Å². The summed E-state index contributed by atoms with van der Waals surface area (Å²) < 4.78 is 5.70. The first kappa shape index (κ1) is 15.9. The maximum atomic E-state index is 5.70. The van der Waals surface area contributed by atoms with E-state index >= 15 is 0 Å². The van der Waals surface area contributed by atoms with Crippen LogP contribution in [-0.4, -0.2) is 35.6 Å². The van der Waals surface area contributed by atoms with Crippen LogP contribution in [0.15, 0.2) is 24.3 Å². The second kappa shape index (κ2) is 8.12. The zero-order valence-electron chi connectivity index (χ0n) is 12.1. The highest BCUT2D eigenvalue weighted by Gasteiger charge is 2.06. The Morgan fingerprint density at radius 1 is 1.32 bits per heavy atom. The van der Waals surface area contributed by atoms with Crippen molar-refractivity contribution in [2.45, 2.75) is 33.2 Å². The fraction of sp³-hybridized carbons (Fsp3) is 0.533. The Balaban J connectivity index is 2.31. The minimum absolute atomic E-state index is 0.419. The van der Waals surface area contributed by atoms with Gasteiger partial charge in [0.05, 0.1) is 6.61 Å². The molecule has 0 spiro atoms. The van der Waals surface area contributed by atoms with Gasteiger partial charge in [-0.2, -0.15) is 0 Å². The molecular weight excluding hydrogens is 256 g/mol. The van der Waals surface area contributed by atoms with Gasteiger partial charge in [-0.15, -0.1) is 0 Å². The van der Waals surface area contributed by atoms with Crippen LogP contribution in [0.25, 0.3) is 0 Å². The Hall–Kier alpha value is -1.13. The van der Waals surface area contributed by atoms with Crippen molar-refractivity contribution in [2.24, 2.45) is 5.73 Å². The first-order valence-electron chi connectivity index (χ1n) is 6.81. The quantitative estimate of drug-likeness (QED) is 0.587. The molecule has 0 saturated heterocycles. The van der Waals surface area contributed by atoms with E-state index in [1.807, 2.05) is 24.3 Å². The summed E-state index contributed by atoms with van der Waals surface area (Å²) in [6.45, 7) is 9.52. The number of benzene rings is 1. The maximum Gasteiger partial charge on any atom is 0.119 e. The van der Waals surface area contributed by atoms with Crippen LogP contribution in [0.3, 0.4) is 0 Å². The zero-order chi connectivity index (χ0) is 14.3. The first-order chi connectivity index (χ1) is 9.04. The van der Waals surface area contributed by atoms with Gasteiger partial charge in [-0.3, -0.25) is 0 Å². The molecule has 4 heteroatoms. The van der Waals surface area contributed by atoms with Crippen molar-refractivity contribution in [3.63, 3.8) is 0 Å². The van der Waals surface area contributed by atoms with E-state index in [1.54, 1.807) is 0 Å². The van der Waals surface area contributed by atoms with E-state index < -0.39 is 0 Å². The molecule has 0 amide bonds. The number of nitrogens with zero attached hydrogens (tertiary/aromatic N) is 1. The number of hydrogen-bond donors (Lipinski definition) is 1. The van der Waals surface area contributed by atoms with E-state index in [1.165, 1.54) is 0 Å². The summed E-state index contributed by atoms with van der Waals surface area (Å²) in [7, 11) is 0. The van der Waals surface area contributed by atoms with Crippen molar-refractivity contribution in [1.82, 2.24) is 4.90 Å².